The summed E-state index contributed by atoms with van der Waals surface area (Å²) in [6.07, 6.45) is -2.94. The topological polar surface area (TPSA) is 94.4 Å². The zero-order chi connectivity index (χ0) is 25.2. The minimum Gasteiger partial charge on any atom is -0.477 e. The number of carbonyl (C=O) groups is 1. The third-order valence-corrected chi connectivity index (χ3v) is 6.06. The average molecular weight is 485 g/mol. The molecule has 0 radical (unpaired) electrons. The number of nitrogens with zero attached hydrogens (tertiary/aromatic N) is 2. The fraction of sp³-hybridized carbons (Fsp3) is 0.280. The Balaban J connectivity index is 1.61. The van der Waals surface area contributed by atoms with Gasteiger partial charge in [-0.1, -0.05) is 48.5 Å². The molecule has 0 bridgehead atoms. The van der Waals surface area contributed by atoms with Crippen LogP contribution >= 0.6 is 0 Å². The lowest BCUT2D eigenvalue weighted by Crippen LogP contribution is -2.47. The largest absolute Gasteiger partial charge is 0.477 e. The van der Waals surface area contributed by atoms with Gasteiger partial charge < -0.3 is 10.1 Å². The Morgan fingerprint density at radius 2 is 1.71 bits per heavy atom. The van der Waals surface area contributed by atoms with Crippen molar-refractivity contribution in [2.75, 3.05) is 13.2 Å². The molecule has 7 nitrogen and oxygen atoms in total. The van der Waals surface area contributed by atoms with Crippen LogP contribution in [0.3, 0.4) is 0 Å². The van der Waals surface area contributed by atoms with Gasteiger partial charge in [-0.25, -0.2) is 4.98 Å². The first-order chi connectivity index (χ1) is 16.6. The summed E-state index contributed by atoms with van der Waals surface area (Å²) >= 11 is 0. The van der Waals surface area contributed by atoms with Crippen molar-refractivity contribution in [3.63, 3.8) is 0 Å². The number of benzene rings is 2. The van der Waals surface area contributed by atoms with Gasteiger partial charge in [0.25, 0.3) is 5.69 Å². The molecule has 1 amide bonds. The summed E-state index contributed by atoms with van der Waals surface area (Å²) in [5, 5.41) is 13.0. The van der Waals surface area contributed by atoms with Crippen LogP contribution < -0.4 is 10.1 Å². The molecular weight excluding hydrogens is 463 g/mol. The third kappa shape index (κ3) is 4.68. The maximum atomic E-state index is 13.4. The van der Waals surface area contributed by atoms with Crippen LogP contribution in [0.15, 0.2) is 60.8 Å². The highest BCUT2D eigenvalue weighted by molar-refractivity contribution is 6.00. The number of rotatable bonds is 8. The highest BCUT2D eigenvalue weighted by Gasteiger charge is 2.49. The standard InChI is InChI=1S/C25H22F3N3O4/c1-16-13-17(31(33)34)14-29-22(16)35-12-6-11-24(23(32)30-15-25(26,27)28)20-9-4-2-7-18(20)19-8-3-5-10-21(19)24/h2-5,7-10,13-14H,6,11-12,15H2,1H3,(H,30,32). The van der Waals surface area contributed by atoms with Crippen molar-refractivity contribution in [3.05, 3.63) is 87.6 Å². The Bertz CT molecular complexity index is 1230. The van der Waals surface area contributed by atoms with Crippen LogP contribution in [0.5, 0.6) is 5.88 Å². The van der Waals surface area contributed by atoms with Gasteiger partial charge in [-0.2, -0.15) is 13.2 Å². The average Bonchev–Trinajstić information content (AvgIpc) is 3.11. The van der Waals surface area contributed by atoms with E-state index in [1.807, 2.05) is 24.3 Å². The first kappa shape index (κ1) is 24.2. The van der Waals surface area contributed by atoms with Gasteiger partial charge in [-0.3, -0.25) is 14.9 Å². The van der Waals surface area contributed by atoms with Gasteiger partial charge in [0.15, 0.2) is 0 Å². The monoisotopic (exact) mass is 485 g/mol. The van der Waals surface area contributed by atoms with E-state index in [0.29, 0.717) is 23.1 Å². The second kappa shape index (κ2) is 9.36. The Morgan fingerprint density at radius 3 is 2.26 bits per heavy atom. The number of hydrogen-bond acceptors (Lipinski definition) is 5. The summed E-state index contributed by atoms with van der Waals surface area (Å²) in [4.78, 5) is 27.8. The minimum atomic E-state index is -4.54. The van der Waals surface area contributed by atoms with Crippen LogP contribution in [0.1, 0.15) is 29.5 Å². The van der Waals surface area contributed by atoms with E-state index in [-0.39, 0.29) is 24.6 Å². The molecule has 0 spiro atoms. The molecule has 3 aromatic rings. The molecule has 182 valence electrons. The number of halogens is 3. The molecule has 1 N–H and O–H groups in total. The molecule has 35 heavy (non-hydrogen) atoms. The Kier molecular flexibility index (Phi) is 6.47. The number of nitro groups is 1. The van der Waals surface area contributed by atoms with Crippen LogP contribution in [-0.2, 0) is 10.2 Å². The number of pyridine rings is 1. The molecule has 0 unspecified atom stereocenters. The van der Waals surface area contributed by atoms with Crippen LogP contribution in [0.25, 0.3) is 11.1 Å². The zero-order valence-corrected chi connectivity index (χ0v) is 18.8. The molecule has 0 saturated carbocycles. The number of alkyl halides is 3. The number of fused-ring (bicyclic) bond motifs is 3. The van der Waals surface area contributed by atoms with Crippen molar-refractivity contribution in [2.45, 2.75) is 31.4 Å². The van der Waals surface area contributed by atoms with Crippen molar-refractivity contribution < 1.29 is 27.6 Å². The molecule has 10 heteroatoms. The maximum Gasteiger partial charge on any atom is 0.405 e. The lowest BCUT2D eigenvalue weighted by molar-refractivity contribution is -0.385. The highest BCUT2D eigenvalue weighted by atomic mass is 19.4. The maximum absolute atomic E-state index is 13.4. The van der Waals surface area contributed by atoms with E-state index in [9.17, 15) is 28.1 Å². The smallest absolute Gasteiger partial charge is 0.405 e. The number of aromatic nitrogens is 1. The third-order valence-electron chi connectivity index (χ3n) is 6.06. The molecule has 1 heterocycles. The van der Waals surface area contributed by atoms with Crippen molar-refractivity contribution in [2.24, 2.45) is 0 Å². The van der Waals surface area contributed by atoms with Gasteiger partial charge >= 0.3 is 6.18 Å². The van der Waals surface area contributed by atoms with Crippen molar-refractivity contribution in [3.8, 4) is 17.0 Å². The lowest BCUT2D eigenvalue weighted by atomic mass is 9.73. The number of aryl methyl sites for hydroxylation is 1. The predicted molar refractivity (Wildman–Crippen MR) is 122 cm³/mol. The second-order valence-electron chi connectivity index (χ2n) is 8.32. The fourth-order valence-electron chi connectivity index (χ4n) is 4.59. The molecule has 1 aliphatic rings. The summed E-state index contributed by atoms with van der Waals surface area (Å²) in [6.45, 7) is 0.315. The Morgan fingerprint density at radius 1 is 1.11 bits per heavy atom. The van der Waals surface area contributed by atoms with Crippen LogP contribution in [0.4, 0.5) is 18.9 Å². The van der Waals surface area contributed by atoms with Crippen molar-refractivity contribution >= 4 is 11.6 Å². The van der Waals surface area contributed by atoms with E-state index in [2.05, 4.69) is 10.3 Å². The second-order valence-corrected chi connectivity index (χ2v) is 8.32. The summed E-state index contributed by atoms with van der Waals surface area (Å²) in [5.41, 5.74) is 1.90. The quantitative estimate of drug-likeness (QED) is 0.272. The van der Waals surface area contributed by atoms with Gasteiger partial charge in [0.05, 0.1) is 11.5 Å². The molecule has 0 atom stereocenters. The van der Waals surface area contributed by atoms with Crippen molar-refractivity contribution in [1.29, 1.82) is 0 Å². The van der Waals surface area contributed by atoms with Crippen LogP contribution in [0, 0.1) is 17.0 Å². The first-order valence-electron chi connectivity index (χ1n) is 10.9. The van der Waals surface area contributed by atoms with E-state index in [4.69, 9.17) is 4.74 Å². The normalized spacial score (nSPS) is 13.6. The van der Waals surface area contributed by atoms with Gasteiger partial charge in [-0.15, -0.1) is 0 Å². The fourth-order valence-corrected chi connectivity index (χ4v) is 4.59. The van der Waals surface area contributed by atoms with E-state index >= 15 is 0 Å². The van der Waals surface area contributed by atoms with Gasteiger partial charge in [0, 0.05) is 11.6 Å². The summed E-state index contributed by atoms with van der Waals surface area (Å²) in [7, 11) is 0. The lowest BCUT2D eigenvalue weighted by Gasteiger charge is -2.31. The van der Waals surface area contributed by atoms with Crippen LogP contribution in [0.2, 0.25) is 0 Å². The Hall–Kier alpha value is -3.95. The SMILES string of the molecule is Cc1cc([N+](=O)[O-])cnc1OCCCC1(C(=O)NCC(F)(F)F)c2ccccc2-c2ccccc21. The number of ether oxygens (including phenoxy) is 1. The molecule has 1 aliphatic carbocycles. The van der Waals surface area contributed by atoms with Gasteiger partial charge in [-0.05, 0) is 42.0 Å². The van der Waals surface area contributed by atoms with E-state index in [1.165, 1.54) is 6.07 Å². The highest BCUT2D eigenvalue weighted by Crippen LogP contribution is 2.51. The van der Waals surface area contributed by atoms with Gasteiger partial charge in [0.1, 0.15) is 18.2 Å². The molecule has 4 rings (SSSR count). The molecule has 0 aliphatic heterocycles. The summed E-state index contributed by atoms with van der Waals surface area (Å²) in [6, 6.07) is 15.8. The Labute approximate surface area is 199 Å². The van der Waals surface area contributed by atoms with Gasteiger partial charge in [0.2, 0.25) is 11.8 Å². The van der Waals surface area contributed by atoms with E-state index < -0.39 is 29.0 Å². The molecule has 0 fully saturated rings. The van der Waals surface area contributed by atoms with E-state index in [0.717, 1.165) is 17.3 Å². The van der Waals surface area contributed by atoms with Crippen LogP contribution in [-0.4, -0.2) is 35.1 Å². The number of hydrogen-bond donors (Lipinski definition) is 1. The van der Waals surface area contributed by atoms with Crippen molar-refractivity contribution in [1.82, 2.24) is 10.3 Å². The predicted octanol–water partition coefficient (Wildman–Crippen LogP) is 5.10. The molecular formula is C25H22F3N3O4. The van der Waals surface area contributed by atoms with E-state index in [1.54, 1.807) is 31.2 Å². The number of amides is 1. The molecule has 1 aromatic heterocycles. The minimum absolute atomic E-state index is 0.115. The first-order valence-corrected chi connectivity index (χ1v) is 10.9. The summed E-state index contributed by atoms with van der Waals surface area (Å²) < 4.78 is 44.5. The number of carbonyl (C=O) groups excluding carboxylic acids is 1. The number of nitrogens with one attached hydrogen (secondary N) is 1. The molecule has 2 aromatic carbocycles. The summed E-state index contributed by atoms with van der Waals surface area (Å²) in [5.74, 6) is -0.504. The molecule has 0 saturated heterocycles. The zero-order valence-electron chi connectivity index (χ0n) is 18.8.